The summed E-state index contributed by atoms with van der Waals surface area (Å²) in [4.78, 5) is 33.7. The predicted octanol–water partition coefficient (Wildman–Crippen LogP) is 4.96. The Kier molecular flexibility index (Phi) is 7.43. The van der Waals surface area contributed by atoms with E-state index < -0.39 is 6.04 Å². The lowest BCUT2D eigenvalue weighted by Crippen LogP contribution is -2.47. The molecule has 1 atom stereocenters. The second-order valence-electron chi connectivity index (χ2n) is 9.17. The van der Waals surface area contributed by atoms with Crippen LogP contribution in [0, 0.1) is 5.92 Å². The molecule has 0 aliphatic heterocycles. The van der Waals surface area contributed by atoms with Crippen LogP contribution in [0.5, 0.6) is 11.8 Å². The molecule has 0 aliphatic carbocycles. The van der Waals surface area contributed by atoms with Crippen molar-refractivity contribution >= 4 is 17.5 Å². The van der Waals surface area contributed by atoms with Crippen molar-refractivity contribution < 1.29 is 14.3 Å². The first kappa shape index (κ1) is 23.9. The molecule has 33 heavy (non-hydrogen) atoms. The molecule has 2 N–H and O–H groups in total. The molecule has 7 nitrogen and oxygen atoms in total. The maximum Gasteiger partial charge on any atom is 0.321 e. The van der Waals surface area contributed by atoms with E-state index in [4.69, 9.17) is 4.74 Å². The Morgan fingerprint density at radius 1 is 0.909 bits per heavy atom. The molecule has 0 radical (unpaired) electrons. The molecule has 3 rings (SSSR count). The van der Waals surface area contributed by atoms with E-state index >= 15 is 0 Å². The Hall–Kier alpha value is -3.74. The molecule has 7 heteroatoms. The fourth-order valence-electron chi connectivity index (χ4n) is 3.15. The first-order valence-electron chi connectivity index (χ1n) is 10.9. The quantitative estimate of drug-likeness (QED) is 0.535. The summed E-state index contributed by atoms with van der Waals surface area (Å²) in [6.07, 6.45) is 3.19. The van der Waals surface area contributed by atoms with E-state index in [1.165, 1.54) is 0 Å². The highest BCUT2D eigenvalue weighted by Gasteiger charge is 2.25. The monoisotopic (exact) mass is 446 g/mol. The molecule has 0 saturated carbocycles. The number of anilines is 1. The van der Waals surface area contributed by atoms with Crippen molar-refractivity contribution in [2.24, 2.45) is 5.92 Å². The van der Waals surface area contributed by atoms with Gasteiger partial charge in [-0.2, -0.15) is 0 Å². The summed E-state index contributed by atoms with van der Waals surface area (Å²) in [6.45, 7) is 10.1. The summed E-state index contributed by atoms with van der Waals surface area (Å²) in [5.74, 6) is -0.118. The van der Waals surface area contributed by atoms with Crippen LogP contribution < -0.4 is 15.4 Å². The number of carbonyl (C=O) groups excluding carboxylic acids is 2. The fourth-order valence-corrected chi connectivity index (χ4v) is 3.15. The van der Waals surface area contributed by atoms with Gasteiger partial charge in [0, 0.05) is 23.6 Å². The molecule has 0 bridgehead atoms. The zero-order valence-corrected chi connectivity index (χ0v) is 19.6. The SMILES string of the molecule is CC(C)C(NC(=O)c1ccc(C(C)(C)C)cc1)C(=O)Nc1ccc(Oc2ncccn2)cc1. The number of nitrogens with one attached hydrogen (secondary N) is 2. The number of aromatic nitrogens is 2. The lowest BCUT2D eigenvalue weighted by Gasteiger charge is -2.22. The first-order chi connectivity index (χ1) is 15.6. The summed E-state index contributed by atoms with van der Waals surface area (Å²) in [7, 11) is 0. The van der Waals surface area contributed by atoms with Crippen molar-refractivity contribution in [2.45, 2.75) is 46.1 Å². The van der Waals surface area contributed by atoms with E-state index in [0.29, 0.717) is 17.0 Å². The number of hydrogen-bond acceptors (Lipinski definition) is 5. The van der Waals surface area contributed by atoms with Gasteiger partial charge in [0.05, 0.1) is 0 Å². The average molecular weight is 447 g/mol. The number of nitrogens with zero attached hydrogens (tertiary/aromatic N) is 2. The van der Waals surface area contributed by atoms with Crippen LogP contribution >= 0.6 is 0 Å². The van der Waals surface area contributed by atoms with Gasteiger partial charge in [-0.05, 0) is 59.4 Å². The van der Waals surface area contributed by atoms with Crippen molar-refractivity contribution in [2.75, 3.05) is 5.32 Å². The highest BCUT2D eigenvalue weighted by molar-refractivity contribution is 6.01. The number of carbonyl (C=O) groups is 2. The molecule has 2 amide bonds. The molecule has 1 heterocycles. The minimum Gasteiger partial charge on any atom is -0.424 e. The standard InChI is InChI=1S/C26H30N4O3/c1-17(2)22(30-23(31)18-7-9-19(10-8-18)26(3,4)5)24(32)29-20-11-13-21(14-12-20)33-25-27-15-6-16-28-25/h6-17,22H,1-5H3,(H,29,32)(H,30,31). The lowest BCUT2D eigenvalue weighted by atomic mass is 9.86. The maximum absolute atomic E-state index is 12.9. The number of amides is 2. The van der Waals surface area contributed by atoms with Crippen LogP contribution in [0.2, 0.25) is 0 Å². The normalized spacial score (nSPS) is 12.2. The summed E-state index contributed by atoms with van der Waals surface area (Å²) in [5.41, 5.74) is 2.26. The Bertz CT molecular complexity index is 1070. The number of benzene rings is 2. The maximum atomic E-state index is 12.9. The van der Waals surface area contributed by atoms with Crippen molar-refractivity contribution in [3.63, 3.8) is 0 Å². The summed E-state index contributed by atoms with van der Waals surface area (Å²) < 4.78 is 5.56. The van der Waals surface area contributed by atoms with Crippen LogP contribution in [0.4, 0.5) is 5.69 Å². The number of hydrogen-bond donors (Lipinski definition) is 2. The van der Waals surface area contributed by atoms with Gasteiger partial charge in [0.1, 0.15) is 11.8 Å². The van der Waals surface area contributed by atoms with Crippen molar-refractivity contribution in [1.82, 2.24) is 15.3 Å². The van der Waals surface area contributed by atoms with Crippen LogP contribution in [0.25, 0.3) is 0 Å². The third kappa shape index (κ3) is 6.62. The van der Waals surface area contributed by atoms with Gasteiger partial charge in [0.15, 0.2) is 0 Å². The predicted molar refractivity (Wildman–Crippen MR) is 128 cm³/mol. The Morgan fingerprint density at radius 3 is 2.06 bits per heavy atom. The van der Waals surface area contributed by atoms with Gasteiger partial charge in [0.25, 0.3) is 5.91 Å². The molecule has 172 valence electrons. The Labute approximate surface area is 194 Å². The van der Waals surface area contributed by atoms with Gasteiger partial charge >= 0.3 is 6.01 Å². The largest absolute Gasteiger partial charge is 0.424 e. The summed E-state index contributed by atoms with van der Waals surface area (Å²) in [5, 5.41) is 5.72. The molecule has 0 aliphatic rings. The van der Waals surface area contributed by atoms with Gasteiger partial charge < -0.3 is 15.4 Å². The number of ether oxygens (including phenoxy) is 1. The highest BCUT2D eigenvalue weighted by Crippen LogP contribution is 2.23. The van der Waals surface area contributed by atoms with Crippen molar-refractivity contribution in [1.29, 1.82) is 0 Å². The van der Waals surface area contributed by atoms with Gasteiger partial charge in [-0.1, -0.05) is 46.8 Å². The molecule has 3 aromatic rings. The van der Waals surface area contributed by atoms with Crippen molar-refractivity contribution in [3.05, 3.63) is 78.1 Å². The second kappa shape index (κ2) is 10.3. The van der Waals surface area contributed by atoms with Crippen LogP contribution in [0.1, 0.15) is 50.5 Å². The van der Waals surface area contributed by atoms with E-state index in [2.05, 4.69) is 41.4 Å². The molecule has 0 saturated heterocycles. The third-order valence-corrected chi connectivity index (χ3v) is 5.12. The van der Waals surface area contributed by atoms with Crippen LogP contribution in [-0.4, -0.2) is 27.8 Å². The zero-order chi connectivity index (χ0) is 24.0. The lowest BCUT2D eigenvalue weighted by molar-refractivity contribution is -0.118. The molecule has 0 fully saturated rings. The Morgan fingerprint density at radius 2 is 1.52 bits per heavy atom. The molecular formula is C26H30N4O3. The van der Waals surface area contributed by atoms with Gasteiger partial charge in [-0.25, -0.2) is 9.97 Å². The molecule has 1 aromatic heterocycles. The minimum atomic E-state index is -0.687. The zero-order valence-electron chi connectivity index (χ0n) is 19.6. The summed E-state index contributed by atoms with van der Waals surface area (Å²) in [6, 6.07) is 15.6. The van der Waals surface area contributed by atoms with E-state index in [1.54, 1.807) is 54.9 Å². The van der Waals surface area contributed by atoms with Gasteiger partial charge in [-0.15, -0.1) is 0 Å². The third-order valence-electron chi connectivity index (χ3n) is 5.12. The van der Waals surface area contributed by atoms with Crippen molar-refractivity contribution in [3.8, 4) is 11.8 Å². The summed E-state index contributed by atoms with van der Waals surface area (Å²) >= 11 is 0. The molecule has 1 unspecified atom stereocenters. The smallest absolute Gasteiger partial charge is 0.321 e. The highest BCUT2D eigenvalue weighted by atomic mass is 16.5. The second-order valence-corrected chi connectivity index (χ2v) is 9.17. The molecular weight excluding hydrogens is 416 g/mol. The van der Waals surface area contributed by atoms with E-state index in [1.807, 2.05) is 26.0 Å². The minimum absolute atomic E-state index is 0.00404. The first-order valence-corrected chi connectivity index (χ1v) is 10.9. The van der Waals surface area contributed by atoms with Crippen LogP contribution in [-0.2, 0) is 10.2 Å². The van der Waals surface area contributed by atoms with Gasteiger partial charge in [0.2, 0.25) is 5.91 Å². The molecule has 0 spiro atoms. The fraction of sp³-hybridized carbons (Fsp3) is 0.308. The van der Waals surface area contributed by atoms with Gasteiger partial charge in [-0.3, -0.25) is 9.59 Å². The molecule has 2 aromatic carbocycles. The Balaban J connectivity index is 1.63. The number of rotatable bonds is 7. The van der Waals surface area contributed by atoms with Crippen LogP contribution in [0.3, 0.4) is 0 Å². The van der Waals surface area contributed by atoms with E-state index in [9.17, 15) is 9.59 Å². The van der Waals surface area contributed by atoms with E-state index in [0.717, 1.165) is 5.56 Å². The van der Waals surface area contributed by atoms with E-state index in [-0.39, 0.29) is 29.2 Å². The topological polar surface area (TPSA) is 93.2 Å². The average Bonchev–Trinajstić information content (AvgIpc) is 2.78. The van der Waals surface area contributed by atoms with Crippen LogP contribution in [0.15, 0.2) is 67.0 Å².